The molecule has 0 aromatic rings. The Balaban J connectivity index is 1.91. The first kappa shape index (κ1) is 11.9. The summed E-state index contributed by atoms with van der Waals surface area (Å²) in [5, 5.41) is 15.9. The van der Waals surface area contributed by atoms with Crippen LogP contribution in [0.3, 0.4) is 0 Å². The standard InChI is InChI=1S/C12H23N3O/c1-10-4-2-3-7-15(10)9-11-8-13-6-5-12(11)14-16/h10-11,13,16H,2-9H2,1H3/b14-12+. The molecular formula is C12H23N3O. The predicted molar refractivity (Wildman–Crippen MR) is 65.1 cm³/mol. The van der Waals surface area contributed by atoms with Crippen LogP contribution < -0.4 is 5.32 Å². The third-order valence-corrected chi connectivity index (χ3v) is 3.94. The average molecular weight is 225 g/mol. The van der Waals surface area contributed by atoms with Crippen molar-refractivity contribution in [2.75, 3.05) is 26.2 Å². The second-order valence-corrected chi connectivity index (χ2v) is 5.08. The topological polar surface area (TPSA) is 47.9 Å². The van der Waals surface area contributed by atoms with Crippen molar-refractivity contribution in [3.05, 3.63) is 0 Å². The molecule has 0 radical (unpaired) electrons. The van der Waals surface area contributed by atoms with E-state index in [-0.39, 0.29) is 0 Å². The number of nitrogens with one attached hydrogen (secondary N) is 1. The van der Waals surface area contributed by atoms with E-state index in [0.717, 1.165) is 31.8 Å². The quantitative estimate of drug-likeness (QED) is 0.550. The van der Waals surface area contributed by atoms with E-state index < -0.39 is 0 Å². The van der Waals surface area contributed by atoms with Crippen molar-refractivity contribution < 1.29 is 5.21 Å². The van der Waals surface area contributed by atoms with Gasteiger partial charge in [0.25, 0.3) is 0 Å². The number of oxime groups is 1. The van der Waals surface area contributed by atoms with Gasteiger partial charge in [0.15, 0.2) is 0 Å². The molecule has 0 bridgehead atoms. The monoisotopic (exact) mass is 225 g/mol. The van der Waals surface area contributed by atoms with Crippen molar-refractivity contribution in [3.8, 4) is 0 Å². The number of rotatable bonds is 2. The summed E-state index contributed by atoms with van der Waals surface area (Å²) < 4.78 is 0. The maximum absolute atomic E-state index is 9.00. The smallest absolute Gasteiger partial charge is 0.0639 e. The van der Waals surface area contributed by atoms with Crippen molar-refractivity contribution in [2.45, 2.75) is 38.6 Å². The molecule has 16 heavy (non-hydrogen) atoms. The Morgan fingerprint density at radius 2 is 2.38 bits per heavy atom. The van der Waals surface area contributed by atoms with Crippen LogP contribution in [0.5, 0.6) is 0 Å². The maximum atomic E-state index is 9.00. The van der Waals surface area contributed by atoms with Crippen molar-refractivity contribution in [1.29, 1.82) is 0 Å². The molecule has 2 saturated heterocycles. The minimum absolute atomic E-state index is 0.402. The van der Waals surface area contributed by atoms with Gasteiger partial charge in [-0.3, -0.25) is 4.90 Å². The fourth-order valence-corrected chi connectivity index (χ4v) is 2.83. The molecule has 2 fully saturated rings. The Kier molecular flexibility index (Phi) is 4.18. The van der Waals surface area contributed by atoms with E-state index in [9.17, 15) is 0 Å². The summed E-state index contributed by atoms with van der Waals surface area (Å²) in [6.07, 6.45) is 4.88. The summed E-state index contributed by atoms with van der Waals surface area (Å²) >= 11 is 0. The van der Waals surface area contributed by atoms with E-state index in [0.29, 0.717) is 12.0 Å². The van der Waals surface area contributed by atoms with Gasteiger partial charge in [0.1, 0.15) is 0 Å². The minimum Gasteiger partial charge on any atom is -0.411 e. The number of hydrogen-bond acceptors (Lipinski definition) is 4. The Morgan fingerprint density at radius 1 is 1.50 bits per heavy atom. The van der Waals surface area contributed by atoms with E-state index in [2.05, 4.69) is 22.3 Å². The number of piperidine rings is 2. The van der Waals surface area contributed by atoms with Crippen LogP contribution >= 0.6 is 0 Å². The molecule has 4 nitrogen and oxygen atoms in total. The van der Waals surface area contributed by atoms with Crippen LogP contribution in [0.2, 0.25) is 0 Å². The second-order valence-electron chi connectivity index (χ2n) is 5.08. The zero-order chi connectivity index (χ0) is 11.4. The molecule has 2 rings (SSSR count). The maximum Gasteiger partial charge on any atom is 0.0639 e. The molecule has 2 heterocycles. The van der Waals surface area contributed by atoms with Gasteiger partial charge in [-0.1, -0.05) is 11.6 Å². The molecule has 0 aliphatic carbocycles. The van der Waals surface area contributed by atoms with Gasteiger partial charge < -0.3 is 10.5 Å². The average Bonchev–Trinajstić information content (AvgIpc) is 2.33. The summed E-state index contributed by atoms with van der Waals surface area (Å²) in [4.78, 5) is 2.55. The normalized spacial score (nSPS) is 35.4. The van der Waals surface area contributed by atoms with Gasteiger partial charge in [-0.2, -0.15) is 0 Å². The van der Waals surface area contributed by atoms with E-state index in [1.54, 1.807) is 0 Å². The first-order chi connectivity index (χ1) is 7.81. The predicted octanol–water partition coefficient (Wildman–Crippen LogP) is 1.30. The van der Waals surface area contributed by atoms with E-state index in [1.807, 2.05) is 0 Å². The fraction of sp³-hybridized carbons (Fsp3) is 0.917. The van der Waals surface area contributed by atoms with Crippen molar-refractivity contribution in [3.63, 3.8) is 0 Å². The first-order valence-electron chi connectivity index (χ1n) is 6.47. The first-order valence-corrected chi connectivity index (χ1v) is 6.47. The summed E-state index contributed by atoms with van der Waals surface area (Å²) in [6.45, 7) is 6.48. The molecule has 2 atom stereocenters. The lowest BCUT2D eigenvalue weighted by atomic mass is 9.94. The highest BCUT2D eigenvalue weighted by Crippen LogP contribution is 2.19. The fourth-order valence-electron chi connectivity index (χ4n) is 2.83. The van der Waals surface area contributed by atoms with Crippen LogP contribution in [0.25, 0.3) is 0 Å². The molecule has 92 valence electrons. The third kappa shape index (κ3) is 2.74. The Bertz CT molecular complexity index is 255. The molecular weight excluding hydrogens is 202 g/mol. The van der Waals surface area contributed by atoms with Crippen LogP contribution in [0, 0.1) is 5.92 Å². The number of likely N-dealkylation sites (tertiary alicyclic amines) is 1. The van der Waals surface area contributed by atoms with Gasteiger partial charge in [-0.05, 0) is 26.3 Å². The lowest BCUT2D eigenvalue weighted by Crippen LogP contribution is -2.47. The third-order valence-electron chi connectivity index (χ3n) is 3.94. The van der Waals surface area contributed by atoms with E-state index >= 15 is 0 Å². The molecule has 2 aliphatic heterocycles. The van der Waals surface area contributed by atoms with Crippen molar-refractivity contribution in [2.24, 2.45) is 11.1 Å². The van der Waals surface area contributed by atoms with E-state index in [1.165, 1.54) is 25.8 Å². The summed E-state index contributed by atoms with van der Waals surface area (Å²) in [7, 11) is 0. The SMILES string of the molecule is CC1CCCCN1CC1CNCC/C1=N\O. The largest absolute Gasteiger partial charge is 0.411 e. The van der Waals surface area contributed by atoms with Crippen LogP contribution in [-0.4, -0.2) is 48.0 Å². The van der Waals surface area contributed by atoms with Crippen LogP contribution in [-0.2, 0) is 0 Å². The summed E-state index contributed by atoms with van der Waals surface area (Å²) in [5.41, 5.74) is 0.983. The molecule has 2 N–H and O–H groups in total. The van der Waals surface area contributed by atoms with Gasteiger partial charge in [-0.25, -0.2) is 0 Å². The molecule has 0 aromatic carbocycles. The minimum atomic E-state index is 0.402. The summed E-state index contributed by atoms with van der Waals surface area (Å²) in [5.74, 6) is 0.402. The zero-order valence-electron chi connectivity index (χ0n) is 10.2. The highest BCUT2D eigenvalue weighted by Gasteiger charge is 2.26. The molecule has 0 amide bonds. The molecule has 2 aliphatic rings. The number of nitrogens with zero attached hydrogens (tertiary/aromatic N) is 2. The Labute approximate surface area is 97.7 Å². The molecule has 0 saturated carbocycles. The highest BCUT2D eigenvalue weighted by molar-refractivity contribution is 5.87. The molecule has 0 spiro atoms. The molecule has 4 heteroatoms. The van der Waals surface area contributed by atoms with Gasteiger partial charge in [0.05, 0.1) is 5.71 Å². The van der Waals surface area contributed by atoms with Gasteiger partial charge in [-0.15, -0.1) is 0 Å². The van der Waals surface area contributed by atoms with Gasteiger partial charge in [0, 0.05) is 38.0 Å². The van der Waals surface area contributed by atoms with E-state index in [4.69, 9.17) is 5.21 Å². The lowest BCUT2D eigenvalue weighted by Gasteiger charge is -2.37. The van der Waals surface area contributed by atoms with Crippen molar-refractivity contribution in [1.82, 2.24) is 10.2 Å². The zero-order valence-corrected chi connectivity index (χ0v) is 10.2. The molecule has 2 unspecified atom stereocenters. The van der Waals surface area contributed by atoms with Crippen LogP contribution in [0.1, 0.15) is 32.6 Å². The van der Waals surface area contributed by atoms with Gasteiger partial charge in [0.2, 0.25) is 0 Å². The molecule has 0 aromatic heterocycles. The Hall–Kier alpha value is -0.610. The second kappa shape index (κ2) is 5.64. The van der Waals surface area contributed by atoms with Crippen molar-refractivity contribution >= 4 is 5.71 Å². The summed E-state index contributed by atoms with van der Waals surface area (Å²) in [6, 6.07) is 0.690. The van der Waals surface area contributed by atoms with Crippen LogP contribution in [0.15, 0.2) is 5.16 Å². The van der Waals surface area contributed by atoms with Gasteiger partial charge >= 0.3 is 0 Å². The number of hydrogen-bond donors (Lipinski definition) is 2. The van der Waals surface area contributed by atoms with Crippen LogP contribution in [0.4, 0.5) is 0 Å². The highest BCUT2D eigenvalue weighted by atomic mass is 16.4. The Morgan fingerprint density at radius 3 is 3.12 bits per heavy atom. The lowest BCUT2D eigenvalue weighted by molar-refractivity contribution is 0.145.